The lowest BCUT2D eigenvalue weighted by molar-refractivity contribution is -0.380. The summed E-state index contributed by atoms with van der Waals surface area (Å²) >= 11 is 6.04. The van der Waals surface area contributed by atoms with Gasteiger partial charge in [-0.05, 0) is 41.9 Å². The quantitative estimate of drug-likeness (QED) is 0.719. The van der Waals surface area contributed by atoms with Crippen LogP contribution in [0.2, 0.25) is 5.02 Å². The van der Waals surface area contributed by atoms with Crippen molar-refractivity contribution in [3.8, 4) is 5.88 Å². The monoisotopic (exact) mass is 358 g/mol. The average molecular weight is 359 g/mol. The molecule has 3 N–H and O–H groups in total. The molecule has 0 aliphatic heterocycles. The lowest BCUT2D eigenvalue weighted by atomic mass is 9.90. The van der Waals surface area contributed by atoms with Gasteiger partial charge in [0, 0.05) is 5.02 Å². The molecule has 0 unspecified atom stereocenters. The summed E-state index contributed by atoms with van der Waals surface area (Å²) in [5.41, 5.74) is 2.25. The predicted molar refractivity (Wildman–Crippen MR) is 97.2 cm³/mol. The number of imidazole rings is 1. The maximum absolute atomic E-state index is 6.09. The highest BCUT2D eigenvalue weighted by Gasteiger charge is 2.20. The van der Waals surface area contributed by atoms with Crippen LogP contribution in [0.15, 0.2) is 30.6 Å². The average Bonchev–Trinajstić information content (AvgIpc) is 3.09. The van der Waals surface area contributed by atoms with E-state index in [1.807, 2.05) is 24.3 Å². The third-order valence-electron chi connectivity index (χ3n) is 4.57. The van der Waals surface area contributed by atoms with Crippen LogP contribution < -0.4 is 15.0 Å². The minimum absolute atomic E-state index is 0.570. The van der Waals surface area contributed by atoms with E-state index in [0.29, 0.717) is 35.0 Å². The van der Waals surface area contributed by atoms with Crippen molar-refractivity contribution in [3.63, 3.8) is 0 Å². The second kappa shape index (κ2) is 7.27. The summed E-state index contributed by atoms with van der Waals surface area (Å²) in [6, 6.07) is 7.49. The largest absolute Gasteiger partial charge is 0.466 e. The van der Waals surface area contributed by atoms with E-state index in [-0.39, 0.29) is 0 Å². The zero-order chi connectivity index (χ0) is 17.1. The first-order chi connectivity index (χ1) is 12.3. The van der Waals surface area contributed by atoms with Gasteiger partial charge in [0.05, 0.1) is 12.9 Å². The number of aromatic nitrogens is 4. The molecule has 0 radical (unpaired) electrons. The summed E-state index contributed by atoms with van der Waals surface area (Å²) in [5, 5.41) is 3.89. The Hall–Kier alpha value is -2.34. The summed E-state index contributed by atoms with van der Waals surface area (Å²) in [4.78, 5) is 15.1. The molecule has 2 heterocycles. The summed E-state index contributed by atoms with van der Waals surface area (Å²) < 4.78 is 6.09. The Morgan fingerprint density at radius 1 is 1.28 bits per heavy atom. The molecule has 4 rings (SSSR count). The fraction of sp³-hybridized carbons (Fsp3) is 0.389. The van der Waals surface area contributed by atoms with Crippen molar-refractivity contribution >= 4 is 34.4 Å². The van der Waals surface area contributed by atoms with Crippen molar-refractivity contribution in [2.75, 3.05) is 11.9 Å². The van der Waals surface area contributed by atoms with Crippen molar-refractivity contribution in [1.82, 2.24) is 15.0 Å². The SMILES string of the molecule is Clc1cccc(Nc2nc3nc[nH]c3c(OCC3CCCCC3)[nH+]2)c1. The van der Waals surface area contributed by atoms with E-state index in [2.05, 4.69) is 25.3 Å². The molecule has 1 saturated carbocycles. The molecule has 0 saturated heterocycles. The van der Waals surface area contributed by atoms with Crippen LogP contribution in [0.5, 0.6) is 5.88 Å². The topological polar surface area (TPSA) is 77.0 Å². The molecule has 0 atom stereocenters. The first-order valence-electron chi connectivity index (χ1n) is 8.70. The van der Waals surface area contributed by atoms with Crippen LogP contribution in [-0.4, -0.2) is 21.6 Å². The highest BCUT2D eigenvalue weighted by molar-refractivity contribution is 6.30. The molecule has 0 spiro atoms. The fourth-order valence-electron chi connectivity index (χ4n) is 3.27. The van der Waals surface area contributed by atoms with Gasteiger partial charge in [0.1, 0.15) is 5.69 Å². The number of nitrogens with zero attached hydrogens (tertiary/aromatic N) is 2. The summed E-state index contributed by atoms with van der Waals surface area (Å²) in [5.74, 6) is 1.86. The van der Waals surface area contributed by atoms with E-state index >= 15 is 0 Å². The van der Waals surface area contributed by atoms with Crippen LogP contribution in [-0.2, 0) is 0 Å². The highest BCUT2D eigenvalue weighted by atomic mass is 35.5. The summed E-state index contributed by atoms with van der Waals surface area (Å²) in [6.07, 6.45) is 8.05. The first kappa shape index (κ1) is 16.1. The smallest absolute Gasteiger partial charge is 0.399 e. The van der Waals surface area contributed by atoms with Gasteiger partial charge in [0.25, 0.3) is 11.5 Å². The van der Waals surface area contributed by atoms with Crippen LogP contribution >= 0.6 is 11.6 Å². The Morgan fingerprint density at radius 2 is 2.16 bits per heavy atom. The lowest BCUT2D eigenvalue weighted by Crippen LogP contribution is -2.21. The molecule has 25 heavy (non-hydrogen) atoms. The number of H-pyrrole nitrogens is 2. The third-order valence-corrected chi connectivity index (χ3v) is 4.81. The Morgan fingerprint density at radius 3 is 3.00 bits per heavy atom. The van der Waals surface area contributed by atoms with Crippen LogP contribution in [0.4, 0.5) is 11.6 Å². The van der Waals surface area contributed by atoms with Crippen molar-refractivity contribution in [3.05, 3.63) is 35.6 Å². The first-order valence-corrected chi connectivity index (χ1v) is 9.07. The molecule has 1 aliphatic rings. The van der Waals surface area contributed by atoms with Gasteiger partial charge in [-0.15, -0.1) is 0 Å². The van der Waals surface area contributed by atoms with Gasteiger partial charge < -0.3 is 9.72 Å². The normalized spacial score (nSPS) is 15.4. The van der Waals surface area contributed by atoms with E-state index in [0.717, 1.165) is 11.2 Å². The molecule has 1 fully saturated rings. The van der Waals surface area contributed by atoms with Crippen molar-refractivity contribution in [1.29, 1.82) is 0 Å². The standard InChI is InChI=1S/C18H20ClN5O/c19-13-7-4-8-14(9-13)22-18-23-16-15(20-11-21-16)17(24-18)25-10-12-5-2-1-3-6-12/h4,7-9,11-12H,1-3,5-6,10H2,(H2,20,21,22,23,24)/p+1. The van der Waals surface area contributed by atoms with E-state index in [4.69, 9.17) is 16.3 Å². The van der Waals surface area contributed by atoms with Gasteiger partial charge in [-0.2, -0.15) is 0 Å². The van der Waals surface area contributed by atoms with Crippen molar-refractivity contribution in [2.45, 2.75) is 32.1 Å². The van der Waals surface area contributed by atoms with Gasteiger partial charge >= 0.3 is 5.95 Å². The number of hydrogen-bond donors (Lipinski definition) is 2. The molecule has 7 heteroatoms. The van der Waals surface area contributed by atoms with Crippen LogP contribution in [0.3, 0.4) is 0 Å². The number of benzene rings is 1. The van der Waals surface area contributed by atoms with E-state index in [1.165, 1.54) is 32.1 Å². The molecule has 6 nitrogen and oxygen atoms in total. The Labute approximate surface area is 151 Å². The molecule has 2 aromatic heterocycles. The minimum Gasteiger partial charge on any atom is -0.466 e. The minimum atomic E-state index is 0.570. The molecule has 3 aromatic rings. The van der Waals surface area contributed by atoms with Crippen LogP contribution in [0.25, 0.3) is 11.2 Å². The lowest BCUT2D eigenvalue weighted by Gasteiger charge is -2.21. The van der Waals surface area contributed by atoms with E-state index < -0.39 is 0 Å². The molecule has 1 aliphatic carbocycles. The van der Waals surface area contributed by atoms with Gasteiger partial charge in [0.2, 0.25) is 0 Å². The molecule has 130 valence electrons. The Bertz CT molecular complexity index is 860. The van der Waals surface area contributed by atoms with Gasteiger partial charge in [-0.1, -0.05) is 36.9 Å². The zero-order valence-corrected chi connectivity index (χ0v) is 14.6. The van der Waals surface area contributed by atoms with E-state index in [9.17, 15) is 0 Å². The fourth-order valence-corrected chi connectivity index (χ4v) is 3.46. The predicted octanol–water partition coefficient (Wildman–Crippen LogP) is 4.13. The van der Waals surface area contributed by atoms with Crippen molar-refractivity contribution in [2.24, 2.45) is 5.92 Å². The van der Waals surface area contributed by atoms with Gasteiger partial charge in [-0.3, -0.25) is 0 Å². The number of fused-ring (bicyclic) bond motifs is 1. The second-order valence-electron chi connectivity index (χ2n) is 6.47. The number of aromatic amines is 2. The number of rotatable bonds is 5. The Kier molecular flexibility index (Phi) is 4.70. The number of ether oxygens (including phenoxy) is 1. The molecular formula is C18H21ClN5O+. The van der Waals surface area contributed by atoms with Crippen LogP contribution in [0, 0.1) is 5.92 Å². The maximum Gasteiger partial charge on any atom is 0.399 e. The molecular weight excluding hydrogens is 338 g/mol. The van der Waals surface area contributed by atoms with Gasteiger partial charge in [0.15, 0.2) is 5.52 Å². The Balaban J connectivity index is 1.56. The zero-order valence-electron chi connectivity index (χ0n) is 13.9. The van der Waals surface area contributed by atoms with E-state index in [1.54, 1.807) is 6.33 Å². The number of nitrogens with one attached hydrogen (secondary N) is 3. The number of hydrogen-bond acceptors (Lipinski definition) is 4. The maximum atomic E-state index is 6.09. The second-order valence-corrected chi connectivity index (χ2v) is 6.90. The van der Waals surface area contributed by atoms with Gasteiger partial charge in [-0.25, -0.2) is 15.3 Å². The van der Waals surface area contributed by atoms with Crippen molar-refractivity contribution < 1.29 is 9.72 Å². The molecule has 1 aromatic carbocycles. The number of halogens is 1. The van der Waals surface area contributed by atoms with Crippen LogP contribution in [0.1, 0.15) is 32.1 Å². The summed E-state index contributed by atoms with van der Waals surface area (Å²) in [7, 11) is 0. The number of anilines is 2. The molecule has 0 bridgehead atoms. The third kappa shape index (κ3) is 3.85. The molecule has 0 amide bonds. The summed E-state index contributed by atoms with van der Waals surface area (Å²) in [6.45, 7) is 0.714. The highest BCUT2D eigenvalue weighted by Crippen LogP contribution is 2.26.